The van der Waals surface area contributed by atoms with Crippen LogP contribution < -0.4 is 9.47 Å². The van der Waals surface area contributed by atoms with Crippen molar-refractivity contribution in [2.24, 2.45) is 5.92 Å². The van der Waals surface area contributed by atoms with Crippen LogP contribution in [0.1, 0.15) is 41.4 Å². The van der Waals surface area contributed by atoms with Crippen LogP contribution in [0.15, 0.2) is 54.7 Å². The molecule has 0 N–H and O–H groups in total. The van der Waals surface area contributed by atoms with Gasteiger partial charge in [0.15, 0.2) is 0 Å². The average Bonchev–Trinajstić information content (AvgIpc) is 3.58. The summed E-state index contributed by atoms with van der Waals surface area (Å²) in [5.41, 5.74) is 0.926. The Morgan fingerprint density at radius 1 is 1.03 bits per heavy atom. The van der Waals surface area contributed by atoms with Crippen molar-refractivity contribution in [3.63, 3.8) is 0 Å². The van der Waals surface area contributed by atoms with Gasteiger partial charge >= 0.3 is 6.18 Å². The normalized spacial score (nSPS) is 14.4. The van der Waals surface area contributed by atoms with E-state index in [1.807, 2.05) is 24.3 Å². The van der Waals surface area contributed by atoms with Crippen LogP contribution in [0.3, 0.4) is 0 Å². The van der Waals surface area contributed by atoms with Gasteiger partial charge in [-0.2, -0.15) is 18.2 Å². The van der Waals surface area contributed by atoms with Crippen molar-refractivity contribution in [2.75, 3.05) is 7.11 Å². The Kier molecular flexibility index (Phi) is 6.53. The van der Waals surface area contributed by atoms with E-state index in [0.717, 1.165) is 30.2 Å². The van der Waals surface area contributed by atoms with Crippen LogP contribution in [0.25, 0.3) is 11.4 Å². The first kappa shape index (κ1) is 24.7. The largest absolute Gasteiger partial charge is 0.497 e. The molecule has 5 rings (SSSR count). The molecule has 11 heteroatoms. The number of benzene rings is 2. The molecule has 1 unspecified atom stereocenters. The third-order valence-electron chi connectivity index (χ3n) is 6.13. The van der Waals surface area contributed by atoms with E-state index in [9.17, 15) is 17.6 Å². The SMILES string of the molecule is COc1ccc(COc2cc(-c3cn(C(c4ccc(C(F)(F)F)cc4F)C4CC4)nn3)nc(C)n2)cc1. The third kappa shape index (κ3) is 5.55. The Balaban J connectivity index is 1.38. The molecule has 7 nitrogen and oxygen atoms in total. The molecule has 37 heavy (non-hydrogen) atoms. The number of halogens is 4. The van der Waals surface area contributed by atoms with Crippen molar-refractivity contribution in [1.29, 1.82) is 0 Å². The molecular formula is C26H23F4N5O2. The number of hydrogen-bond acceptors (Lipinski definition) is 6. The van der Waals surface area contributed by atoms with Crippen molar-refractivity contribution >= 4 is 0 Å². The highest BCUT2D eigenvalue weighted by Crippen LogP contribution is 2.44. The summed E-state index contributed by atoms with van der Waals surface area (Å²) in [5, 5.41) is 8.38. The van der Waals surface area contributed by atoms with Gasteiger partial charge in [0.25, 0.3) is 0 Å². The molecule has 2 aromatic heterocycles. The Hall–Kier alpha value is -4.02. The van der Waals surface area contributed by atoms with E-state index in [1.54, 1.807) is 26.3 Å². The molecule has 2 aromatic carbocycles. The van der Waals surface area contributed by atoms with E-state index < -0.39 is 23.6 Å². The molecule has 0 bridgehead atoms. The smallest absolute Gasteiger partial charge is 0.416 e. The van der Waals surface area contributed by atoms with Crippen LogP contribution in [0, 0.1) is 18.7 Å². The molecule has 1 aliphatic carbocycles. The topological polar surface area (TPSA) is 75.0 Å². The molecule has 1 saturated carbocycles. The Morgan fingerprint density at radius 3 is 2.43 bits per heavy atom. The number of nitrogens with zero attached hydrogens (tertiary/aromatic N) is 5. The van der Waals surface area contributed by atoms with E-state index in [2.05, 4.69) is 20.3 Å². The van der Waals surface area contributed by atoms with Crippen molar-refractivity contribution < 1.29 is 27.0 Å². The summed E-state index contributed by atoms with van der Waals surface area (Å²) in [5.74, 6) is 0.685. The summed E-state index contributed by atoms with van der Waals surface area (Å²) in [7, 11) is 1.60. The molecule has 0 saturated heterocycles. The predicted octanol–water partition coefficient (Wildman–Crippen LogP) is 5.79. The van der Waals surface area contributed by atoms with E-state index in [4.69, 9.17) is 9.47 Å². The molecule has 192 valence electrons. The molecule has 0 spiro atoms. The lowest BCUT2D eigenvalue weighted by Crippen LogP contribution is -2.16. The van der Waals surface area contributed by atoms with Gasteiger partial charge in [0, 0.05) is 11.6 Å². The standard InChI is InChI=1S/C26H23F4N5O2/c1-15-31-22(12-24(32-15)37-14-16-3-8-19(36-2)9-4-16)23-13-35(34-33-23)25(17-5-6-17)20-10-7-18(11-21(20)27)26(28,29)30/h3-4,7-13,17,25H,5-6,14H2,1-2H3. The lowest BCUT2D eigenvalue weighted by Gasteiger charge is -2.18. The lowest BCUT2D eigenvalue weighted by molar-refractivity contribution is -0.137. The van der Waals surface area contributed by atoms with Gasteiger partial charge in [-0.15, -0.1) is 5.10 Å². The number of aryl methyl sites for hydroxylation is 1. The zero-order valence-electron chi connectivity index (χ0n) is 20.0. The van der Waals surface area contributed by atoms with Gasteiger partial charge < -0.3 is 9.47 Å². The molecule has 2 heterocycles. The number of alkyl halides is 3. The van der Waals surface area contributed by atoms with Crippen LogP contribution in [-0.2, 0) is 12.8 Å². The zero-order valence-corrected chi connectivity index (χ0v) is 20.0. The molecule has 1 aliphatic rings. The predicted molar refractivity (Wildman–Crippen MR) is 125 cm³/mol. The molecule has 0 radical (unpaired) electrons. The van der Waals surface area contributed by atoms with Gasteiger partial charge in [0.1, 0.15) is 29.7 Å². The number of hydrogen-bond donors (Lipinski definition) is 0. The molecule has 0 amide bonds. The second-order valence-electron chi connectivity index (χ2n) is 8.88. The van der Waals surface area contributed by atoms with Gasteiger partial charge in [-0.25, -0.2) is 14.1 Å². The maximum atomic E-state index is 14.8. The Bertz CT molecular complexity index is 1400. The van der Waals surface area contributed by atoms with E-state index >= 15 is 0 Å². The highest BCUT2D eigenvalue weighted by molar-refractivity contribution is 5.53. The van der Waals surface area contributed by atoms with Crippen molar-refractivity contribution in [3.05, 3.63) is 83.1 Å². The van der Waals surface area contributed by atoms with Crippen molar-refractivity contribution in [1.82, 2.24) is 25.0 Å². The van der Waals surface area contributed by atoms with Crippen LogP contribution >= 0.6 is 0 Å². The first-order chi connectivity index (χ1) is 17.7. The number of ether oxygens (including phenoxy) is 2. The lowest BCUT2D eigenvalue weighted by atomic mass is 10.00. The van der Waals surface area contributed by atoms with Crippen LogP contribution in [0.4, 0.5) is 17.6 Å². The van der Waals surface area contributed by atoms with E-state index in [-0.39, 0.29) is 18.1 Å². The molecule has 1 atom stereocenters. The van der Waals surface area contributed by atoms with Crippen LogP contribution in [0.5, 0.6) is 11.6 Å². The molecule has 0 aliphatic heterocycles. The minimum Gasteiger partial charge on any atom is -0.497 e. The fourth-order valence-corrected chi connectivity index (χ4v) is 4.12. The first-order valence-corrected chi connectivity index (χ1v) is 11.6. The van der Waals surface area contributed by atoms with Gasteiger partial charge in [-0.05, 0) is 55.5 Å². The van der Waals surface area contributed by atoms with Crippen molar-refractivity contribution in [3.8, 4) is 23.0 Å². The van der Waals surface area contributed by atoms with Crippen LogP contribution in [0.2, 0.25) is 0 Å². The summed E-state index contributed by atoms with van der Waals surface area (Å²) < 4.78 is 66.3. The average molecular weight is 513 g/mol. The molecule has 4 aromatic rings. The number of aromatic nitrogens is 5. The number of rotatable bonds is 8. The van der Waals surface area contributed by atoms with E-state index in [0.29, 0.717) is 29.2 Å². The third-order valence-corrected chi connectivity index (χ3v) is 6.13. The Labute approximate surface area is 210 Å². The maximum absolute atomic E-state index is 14.8. The van der Waals surface area contributed by atoms with Gasteiger partial charge in [0.05, 0.1) is 30.6 Å². The summed E-state index contributed by atoms with van der Waals surface area (Å²) in [6.45, 7) is 2.00. The van der Waals surface area contributed by atoms with Gasteiger partial charge in [0.2, 0.25) is 5.88 Å². The quantitative estimate of drug-likeness (QED) is 0.278. The molecule has 1 fully saturated rings. The maximum Gasteiger partial charge on any atom is 0.416 e. The Morgan fingerprint density at radius 2 is 1.78 bits per heavy atom. The fourth-order valence-electron chi connectivity index (χ4n) is 4.12. The van der Waals surface area contributed by atoms with Crippen molar-refractivity contribution in [2.45, 2.75) is 38.6 Å². The fraction of sp³-hybridized carbons (Fsp3) is 0.308. The van der Waals surface area contributed by atoms with E-state index in [1.165, 1.54) is 10.7 Å². The second kappa shape index (κ2) is 9.79. The summed E-state index contributed by atoms with van der Waals surface area (Å²) in [6.07, 6.45) is -1.37. The minimum atomic E-state index is -4.62. The first-order valence-electron chi connectivity index (χ1n) is 11.6. The summed E-state index contributed by atoms with van der Waals surface area (Å²) in [6, 6.07) is 11.1. The highest BCUT2D eigenvalue weighted by atomic mass is 19.4. The minimum absolute atomic E-state index is 0.0521. The second-order valence-corrected chi connectivity index (χ2v) is 8.88. The summed E-state index contributed by atoms with van der Waals surface area (Å²) in [4.78, 5) is 8.74. The monoisotopic (exact) mass is 513 g/mol. The number of methoxy groups -OCH3 is 1. The van der Waals surface area contributed by atoms with Gasteiger partial charge in [-0.3, -0.25) is 0 Å². The highest BCUT2D eigenvalue weighted by Gasteiger charge is 2.38. The molecular weight excluding hydrogens is 490 g/mol. The summed E-state index contributed by atoms with van der Waals surface area (Å²) >= 11 is 0. The van der Waals surface area contributed by atoms with Crippen LogP contribution in [-0.4, -0.2) is 32.1 Å². The van der Waals surface area contributed by atoms with Gasteiger partial charge in [-0.1, -0.05) is 23.4 Å². The zero-order chi connectivity index (χ0) is 26.2.